The first-order valence-corrected chi connectivity index (χ1v) is 8.70. The minimum atomic E-state index is -4.65. The van der Waals surface area contributed by atoms with Crippen LogP contribution in [0.3, 0.4) is 0 Å². The summed E-state index contributed by atoms with van der Waals surface area (Å²) in [5.41, 5.74) is 1.37. The maximum atomic E-state index is 12.5. The Morgan fingerprint density at radius 1 is 1.15 bits per heavy atom. The highest BCUT2D eigenvalue weighted by molar-refractivity contribution is 5.77. The third kappa shape index (κ3) is 3.89. The van der Waals surface area contributed by atoms with Gasteiger partial charge in [0, 0.05) is 24.6 Å². The van der Waals surface area contributed by atoms with Gasteiger partial charge in [0.15, 0.2) is 0 Å². The molecule has 2 fully saturated rings. The van der Waals surface area contributed by atoms with Crippen LogP contribution in [0.15, 0.2) is 28.8 Å². The highest BCUT2D eigenvalue weighted by Gasteiger charge is 2.38. The number of nitrogens with zero attached hydrogens (tertiary/aromatic N) is 3. The summed E-state index contributed by atoms with van der Waals surface area (Å²) in [7, 11) is 0. The largest absolute Gasteiger partial charge is 0.471 e. The molecule has 0 bridgehead atoms. The fourth-order valence-corrected chi connectivity index (χ4v) is 2.91. The van der Waals surface area contributed by atoms with Gasteiger partial charge in [-0.05, 0) is 37.2 Å². The van der Waals surface area contributed by atoms with Crippen molar-refractivity contribution < 1.29 is 22.5 Å². The molecule has 8 heteroatoms. The first kappa shape index (κ1) is 17.1. The lowest BCUT2D eigenvalue weighted by atomic mass is 10.1. The van der Waals surface area contributed by atoms with Crippen molar-refractivity contribution in [2.24, 2.45) is 5.92 Å². The van der Waals surface area contributed by atoms with Crippen molar-refractivity contribution >= 4 is 5.91 Å². The zero-order chi connectivity index (χ0) is 18.3. The maximum Gasteiger partial charge on any atom is 0.471 e. The standard InChI is InChI=1S/C18H18F3N3O2/c19-18(20,21)17-22-16(23-26-17)13-5-3-12(4-6-13)10-24(14-7-8-14)15(25)9-11-1-2-11/h3-6,11,14H,1-2,7-10H2. The van der Waals surface area contributed by atoms with Gasteiger partial charge in [0.2, 0.25) is 11.7 Å². The second kappa shape index (κ2) is 6.41. The normalized spacial score (nSPS) is 17.3. The SMILES string of the molecule is O=C(CC1CC1)N(Cc1ccc(-c2noc(C(F)(F)F)n2)cc1)C1CC1. The van der Waals surface area contributed by atoms with Gasteiger partial charge in [0.05, 0.1) is 0 Å². The molecule has 2 aliphatic carbocycles. The maximum absolute atomic E-state index is 12.5. The van der Waals surface area contributed by atoms with Gasteiger partial charge < -0.3 is 9.42 Å². The number of halogens is 3. The molecule has 0 aliphatic heterocycles. The van der Waals surface area contributed by atoms with Crippen LogP contribution in [-0.4, -0.2) is 27.0 Å². The van der Waals surface area contributed by atoms with Gasteiger partial charge in [0.25, 0.3) is 0 Å². The average molecular weight is 365 g/mol. The van der Waals surface area contributed by atoms with Crippen molar-refractivity contribution in [2.45, 2.75) is 50.9 Å². The zero-order valence-electron chi connectivity index (χ0n) is 14.0. The Morgan fingerprint density at radius 3 is 2.38 bits per heavy atom. The second-order valence-corrected chi connectivity index (χ2v) is 7.02. The number of rotatable bonds is 6. The van der Waals surface area contributed by atoms with Gasteiger partial charge in [-0.1, -0.05) is 29.4 Å². The van der Waals surface area contributed by atoms with Crippen LogP contribution in [-0.2, 0) is 17.5 Å². The van der Waals surface area contributed by atoms with E-state index in [2.05, 4.69) is 14.7 Å². The first-order chi connectivity index (χ1) is 12.4. The summed E-state index contributed by atoms with van der Waals surface area (Å²) in [5.74, 6) is -0.714. The van der Waals surface area contributed by atoms with E-state index in [1.807, 2.05) is 4.90 Å². The molecule has 2 aliphatic rings. The molecule has 26 heavy (non-hydrogen) atoms. The van der Waals surface area contributed by atoms with Gasteiger partial charge in [-0.25, -0.2) is 0 Å². The molecular weight excluding hydrogens is 347 g/mol. The van der Waals surface area contributed by atoms with E-state index >= 15 is 0 Å². The van der Waals surface area contributed by atoms with E-state index in [9.17, 15) is 18.0 Å². The summed E-state index contributed by atoms with van der Waals surface area (Å²) in [4.78, 5) is 17.8. The average Bonchev–Trinajstić information content (AvgIpc) is 3.52. The van der Waals surface area contributed by atoms with Gasteiger partial charge >= 0.3 is 12.1 Å². The third-order valence-corrected chi connectivity index (χ3v) is 4.70. The van der Waals surface area contributed by atoms with E-state index < -0.39 is 12.1 Å². The Morgan fingerprint density at radius 2 is 1.85 bits per heavy atom. The fourth-order valence-electron chi connectivity index (χ4n) is 2.91. The number of benzene rings is 1. The van der Waals surface area contributed by atoms with Gasteiger partial charge in [-0.2, -0.15) is 18.2 Å². The van der Waals surface area contributed by atoms with E-state index in [0.717, 1.165) is 31.2 Å². The minimum Gasteiger partial charge on any atom is -0.335 e. The van der Waals surface area contributed by atoms with E-state index in [1.165, 1.54) is 0 Å². The van der Waals surface area contributed by atoms with Crippen LogP contribution in [0, 0.1) is 5.92 Å². The molecule has 1 aromatic heterocycles. The fraction of sp³-hybridized carbons (Fsp3) is 0.500. The molecule has 1 heterocycles. The molecule has 0 saturated heterocycles. The molecule has 0 N–H and O–H groups in total. The molecule has 1 amide bonds. The number of hydrogen-bond acceptors (Lipinski definition) is 4. The summed E-state index contributed by atoms with van der Waals surface area (Å²) < 4.78 is 41.9. The Balaban J connectivity index is 1.45. The van der Waals surface area contributed by atoms with E-state index in [4.69, 9.17) is 0 Å². The number of hydrogen-bond donors (Lipinski definition) is 0. The first-order valence-electron chi connectivity index (χ1n) is 8.70. The molecular formula is C18H18F3N3O2. The predicted molar refractivity (Wildman–Crippen MR) is 85.6 cm³/mol. The van der Waals surface area contributed by atoms with Crippen molar-refractivity contribution in [3.05, 3.63) is 35.7 Å². The Hall–Kier alpha value is -2.38. The van der Waals surface area contributed by atoms with Gasteiger partial charge in [-0.15, -0.1) is 0 Å². The number of carbonyl (C=O) groups excluding carboxylic acids is 1. The minimum absolute atomic E-state index is 0.104. The van der Waals surface area contributed by atoms with Gasteiger partial charge in [0.1, 0.15) is 0 Å². The van der Waals surface area contributed by atoms with Crippen molar-refractivity contribution in [3.8, 4) is 11.4 Å². The van der Waals surface area contributed by atoms with E-state index in [1.54, 1.807) is 24.3 Å². The molecule has 0 radical (unpaired) electrons. The lowest BCUT2D eigenvalue weighted by molar-refractivity contribution is -0.159. The van der Waals surface area contributed by atoms with Crippen LogP contribution in [0.2, 0.25) is 0 Å². The molecule has 138 valence electrons. The predicted octanol–water partition coefficient (Wildman–Crippen LogP) is 4.05. The third-order valence-electron chi connectivity index (χ3n) is 4.70. The zero-order valence-corrected chi connectivity index (χ0v) is 14.0. The van der Waals surface area contributed by atoms with Crippen LogP contribution in [0.5, 0.6) is 0 Å². The number of aromatic nitrogens is 2. The Kier molecular flexibility index (Phi) is 4.20. The van der Waals surface area contributed by atoms with Crippen molar-refractivity contribution in [1.82, 2.24) is 15.0 Å². The van der Waals surface area contributed by atoms with Crippen LogP contribution in [0.25, 0.3) is 11.4 Å². The lowest BCUT2D eigenvalue weighted by Gasteiger charge is -2.22. The Labute approximate surface area is 148 Å². The summed E-state index contributed by atoms with van der Waals surface area (Å²) in [6.07, 6.45) is 0.331. The highest BCUT2D eigenvalue weighted by atomic mass is 19.4. The van der Waals surface area contributed by atoms with Crippen molar-refractivity contribution in [2.75, 3.05) is 0 Å². The van der Waals surface area contributed by atoms with E-state index in [0.29, 0.717) is 30.5 Å². The molecule has 0 unspecified atom stereocenters. The molecule has 0 atom stereocenters. The number of amides is 1. The second-order valence-electron chi connectivity index (χ2n) is 7.02. The van der Waals surface area contributed by atoms with Crippen LogP contribution >= 0.6 is 0 Å². The number of alkyl halides is 3. The summed E-state index contributed by atoms with van der Waals surface area (Å²) in [6.45, 7) is 0.524. The summed E-state index contributed by atoms with van der Waals surface area (Å²) in [6, 6.07) is 7.21. The topological polar surface area (TPSA) is 59.2 Å². The smallest absolute Gasteiger partial charge is 0.335 e. The van der Waals surface area contributed by atoms with Gasteiger partial charge in [-0.3, -0.25) is 4.79 Å². The van der Waals surface area contributed by atoms with E-state index in [-0.39, 0.29) is 11.7 Å². The summed E-state index contributed by atoms with van der Waals surface area (Å²) >= 11 is 0. The lowest BCUT2D eigenvalue weighted by Crippen LogP contribution is -2.32. The van der Waals surface area contributed by atoms with Crippen LogP contribution in [0.4, 0.5) is 13.2 Å². The monoisotopic (exact) mass is 365 g/mol. The van der Waals surface area contributed by atoms with Crippen molar-refractivity contribution in [3.63, 3.8) is 0 Å². The van der Waals surface area contributed by atoms with Crippen LogP contribution < -0.4 is 0 Å². The molecule has 0 spiro atoms. The molecule has 1 aromatic carbocycles. The number of carbonyl (C=O) groups is 1. The van der Waals surface area contributed by atoms with Crippen molar-refractivity contribution in [1.29, 1.82) is 0 Å². The molecule has 2 aromatic rings. The highest BCUT2D eigenvalue weighted by Crippen LogP contribution is 2.36. The molecule has 4 rings (SSSR count). The quantitative estimate of drug-likeness (QED) is 0.775. The summed E-state index contributed by atoms with van der Waals surface area (Å²) in [5, 5.41) is 3.38. The Bertz CT molecular complexity index is 793. The molecule has 5 nitrogen and oxygen atoms in total. The molecule has 2 saturated carbocycles. The van der Waals surface area contributed by atoms with Crippen LogP contribution in [0.1, 0.15) is 43.6 Å².